The lowest BCUT2D eigenvalue weighted by Crippen LogP contribution is -2.59. The second-order valence-electron chi connectivity index (χ2n) is 9.73. The number of para-hydroxylation sites is 1. The summed E-state index contributed by atoms with van der Waals surface area (Å²) in [5.74, 6) is 0.735. The van der Waals surface area contributed by atoms with Crippen LogP contribution in [0.1, 0.15) is 30.0 Å². The zero-order valence-corrected chi connectivity index (χ0v) is 22.1. The van der Waals surface area contributed by atoms with Gasteiger partial charge >= 0.3 is 0 Å². The number of amides is 1. The molecule has 4 rings (SSSR count). The van der Waals surface area contributed by atoms with Gasteiger partial charge < -0.3 is 15.2 Å². The third kappa shape index (κ3) is 6.38. The lowest BCUT2D eigenvalue weighted by atomic mass is 10.1. The van der Waals surface area contributed by atoms with Crippen molar-refractivity contribution in [3.05, 3.63) is 52.5 Å². The number of aryl methyl sites for hydroxylation is 3. The van der Waals surface area contributed by atoms with Crippen molar-refractivity contribution in [3.8, 4) is 5.75 Å². The highest BCUT2D eigenvalue weighted by atomic mass is 32.1. The average molecular weight is 497 g/mol. The van der Waals surface area contributed by atoms with Gasteiger partial charge in [-0.25, -0.2) is 4.98 Å². The molecule has 1 saturated heterocycles. The normalized spacial score (nSPS) is 20.2. The number of hydrogen-bond acceptors (Lipinski definition) is 7. The Labute approximate surface area is 211 Å². The minimum Gasteiger partial charge on any atom is -0.491 e. The summed E-state index contributed by atoms with van der Waals surface area (Å²) in [6, 6.07) is 12.3. The van der Waals surface area contributed by atoms with Crippen molar-refractivity contribution in [2.45, 2.75) is 52.8 Å². The Morgan fingerprint density at radius 2 is 1.86 bits per heavy atom. The average Bonchev–Trinajstić information content (AvgIpc) is 3.17. The molecule has 0 radical (unpaired) electrons. The summed E-state index contributed by atoms with van der Waals surface area (Å²) in [5, 5.41) is 14.8. The molecule has 1 fully saturated rings. The third-order valence-electron chi connectivity index (χ3n) is 6.63. The van der Waals surface area contributed by atoms with E-state index in [1.807, 2.05) is 57.2 Å². The smallest absolute Gasteiger partial charge is 0.238 e. The van der Waals surface area contributed by atoms with E-state index in [1.165, 1.54) is 0 Å². The second-order valence-corrected chi connectivity index (χ2v) is 11.0. The molecule has 35 heavy (non-hydrogen) atoms. The largest absolute Gasteiger partial charge is 0.491 e. The van der Waals surface area contributed by atoms with Gasteiger partial charge in [-0.15, -0.1) is 11.3 Å². The molecular formula is C27H36N4O3S. The number of nitrogens with one attached hydrogen (secondary N) is 1. The molecule has 7 nitrogen and oxygen atoms in total. The van der Waals surface area contributed by atoms with Crippen LogP contribution >= 0.6 is 11.3 Å². The fraction of sp³-hybridized carbons (Fsp3) is 0.481. The first-order chi connectivity index (χ1) is 16.7. The molecule has 1 aliphatic heterocycles. The first-order valence-corrected chi connectivity index (χ1v) is 13.0. The summed E-state index contributed by atoms with van der Waals surface area (Å²) in [4.78, 5) is 21.8. The quantitative estimate of drug-likeness (QED) is 0.491. The van der Waals surface area contributed by atoms with Crippen molar-refractivity contribution in [1.29, 1.82) is 0 Å². The molecule has 2 unspecified atom stereocenters. The molecule has 3 aromatic rings. The van der Waals surface area contributed by atoms with Gasteiger partial charge in [-0.1, -0.05) is 18.2 Å². The number of carbonyl (C=O) groups is 1. The van der Waals surface area contributed by atoms with Gasteiger partial charge in [0.05, 0.1) is 21.8 Å². The molecule has 3 atom stereocenters. The Kier molecular flexibility index (Phi) is 8.06. The minimum absolute atomic E-state index is 0.00950. The van der Waals surface area contributed by atoms with Crippen molar-refractivity contribution in [1.82, 2.24) is 14.8 Å². The lowest BCUT2D eigenvalue weighted by molar-refractivity contribution is -0.119. The molecule has 188 valence electrons. The number of hydrogen-bond donors (Lipinski definition) is 2. The third-order valence-corrected chi connectivity index (χ3v) is 7.58. The number of anilines is 1. The molecule has 8 heteroatoms. The molecule has 1 amide bonds. The maximum Gasteiger partial charge on any atom is 0.238 e. The number of rotatable bonds is 8. The SMILES string of the molecule is Cc1nc2cc(OC[C@@H](O)CN3CC(C)N(CC(=O)Nc4c(C)cccc4C)C(C)C3)ccc2s1. The van der Waals surface area contributed by atoms with Crippen molar-refractivity contribution in [2.24, 2.45) is 0 Å². The number of fused-ring (bicyclic) bond motifs is 1. The molecule has 2 N–H and O–H groups in total. The van der Waals surface area contributed by atoms with Crippen LogP contribution in [0.2, 0.25) is 0 Å². The molecule has 1 aliphatic rings. The van der Waals surface area contributed by atoms with Gasteiger partial charge in [-0.3, -0.25) is 14.6 Å². The predicted octanol–water partition coefficient (Wildman–Crippen LogP) is 3.99. The van der Waals surface area contributed by atoms with Crippen molar-refractivity contribution in [2.75, 3.05) is 38.1 Å². The summed E-state index contributed by atoms with van der Waals surface area (Å²) in [7, 11) is 0. The van der Waals surface area contributed by atoms with Gasteiger partial charge in [0.2, 0.25) is 5.91 Å². The Balaban J connectivity index is 1.26. The van der Waals surface area contributed by atoms with Crippen LogP contribution in [-0.2, 0) is 4.79 Å². The molecule has 0 spiro atoms. The molecule has 0 aliphatic carbocycles. The maximum absolute atomic E-state index is 12.8. The zero-order chi connectivity index (χ0) is 25.1. The number of ether oxygens (including phenoxy) is 1. The van der Waals surface area contributed by atoms with Crippen molar-refractivity contribution >= 4 is 33.1 Å². The number of piperazine rings is 1. The second kappa shape index (κ2) is 11.0. The first kappa shape index (κ1) is 25.6. The van der Waals surface area contributed by atoms with E-state index in [4.69, 9.17) is 4.74 Å². The first-order valence-electron chi connectivity index (χ1n) is 12.2. The Morgan fingerprint density at radius 3 is 2.54 bits per heavy atom. The van der Waals surface area contributed by atoms with E-state index in [9.17, 15) is 9.90 Å². The van der Waals surface area contributed by atoms with Gasteiger partial charge in [-0.05, 0) is 57.9 Å². The Hall–Kier alpha value is -2.52. The topological polar surface area (TPSA) is 77.9 Å². The number of aromatic nitrogens is 1. The van der Waals surface area contributed by atoms with Gasteiger partial charge in [0.1, 0.15) is 18.5 Å². The highest BCUT2D eigenvalue weighted by molar-refractivity contribution is 7.18. The van der Waals surface area contributed by atoms with E-state index in [-0.39, 0.29) is 24.6 Å². The van der Waals surface area contributed by atoms with Crippen LogP contribution in [0.3, 0.4) is 0 Å². The number of thiazole rings is 1. The monoisotopic (exact) mass is 496 g/mol. The van der Waals surface area contributed by atoms with E-state index in [0.717, 1.165) is 50.9 Å². The van der Waals surface area contributed by atoms with E-state index in [2.05, 4.69) is 33.9 Å². The standard InChI is InChI=1S/C27H36N4O3S/c1-17-7-6-8-18(2)27(17)29-26(33)15-31-19(3)12-30(13-20(31)4)14-22(32)16-34-23-9-10-25-24(11-23)28-21(5)35-25/h6-11,19-20,22,32H,12-16H2,1-5H3,(H,29,33)/t19?,20?,22-/m0/s1. The number of aliphatic hydroxyl groups is 1. The fourth-order valence-corrected chi connectivity index (χ4v) is 5.75. The lowest BCUT2D eigenvalue weighted by Gasteiger charge is -2.44. The predicted molar refractivity (Wildman–Crippen MR) is 142 cm³/mol. The highest BCUT2D eigenvalue weighted by Gasteiger charge is 2.31. The van der Waals surface area contributed by atoms with E-state index >= 15 is 0 Å². The number of aliphatic hydroxyl groups excluding tert-OH is 1. The van der Waals surface area contributed by atoms with Crippen molar-refractivity contribution < 1.29 is 14.6 Å². The molecule has 2 heterocycles. The van der Waals surface area contributed by atoms with Crippen LogP contribution in [0.25, 0.3) is 10.2 Å². The van der Waals surface area contributed by atoms with Crippen LogP contribution in [0, 0.1) is 20.8 Å². The molecule has 1 aromatic heterocycles. The van der Waals surface area contributed by atoms with Crippen LogP contribution in [0.5, 0.6) is 5.75 Å². The molecule has 0 saturated carbocycles. The maximum atomic E-state index is 12.8. The van der Waals surface area contributed by atoms with Gasteiger partial charge in [0.15, 0.2) is 0 Å². The summed E-state index contributed by atoms with van der Waals surface area (Å²) in [6.45, 7) is 13.0. The van der Waals surface area contributed by atoms with Crippen LogP contribution < -0.4 is 10.1 Å². The van der Waals surface area contributed by atoms with Crippen LogP contribution in [-0.4, -0.2) is 76.8 Å². The summed E-state index contributed by atoms with van der Waals surface area (Å²) in [5.41, 5.74) is 3.98. The Bertz CT molecular complexity index is 1150. The van der Waals surface area contributed by atoms with Crippen LogP contribution in [0.15, 0.2) is 36.4 Å². The number of carbonyl (C=O) groups excluding carboxylic acids is 1. The summed E-state index contributed by atoms with van der Waals surface area (Å²) >= 11 is 1.66. The number of nitrogens with zero attached hydrogens (tertiary/aromatic N) is 3. The van der Waals surface area contributed by atoms with Gasteiger partial charge in [0.25, 0.3) is 0 Å². The van der Waals surface area contributed by atoms with Crippen molar-refractivity contribution in [3.63, 3.8) is 0 Å². The summed E-state index contributed by atoms with van der Waals surface area (Å²) < 4.78 is 6.99. The Morgan fingerprint density at radius 1 is 1.17 bits per heavy atom. The molecule has 2 aromatic carbocycles. The van der Waals surface area contributed by atoms with E-state index < -0.39 is 6.10 Å². The van der Waals surface area contributed by atoms with E-state index in [0.29, 0.717) is 13.1 Å². The molecular weight excluding hydrogens is 460 g/mol. The summed E-state index contributed by atoms with van der Waals surface area (Å²) in [6.07, 6.45) is -0.596. The highest BCUT2D eigenvalue weighted by Crippen LogP contribution is 2.26. The minimum atomic E-state index is -0.596. The molecule has 0 bridgehead atoms. The zero-order valence-electron chi connectivity index (χ0n) is 21.2. The number of β-amino-alcohol motifs (C(OH)–C–C–N with tert-alkyl or cyclic N) is 1. The fourth-order valence-electron chi connectivity index (χ4n) is 4.94. The number of benzene rings is 2. The van der Waals surface area contributed by atoms with Gasteiger partial charge in [-0.2, -0.15) is 0 Å². The van der Waals surface area contributed by atoms with Crippen LogP contribution in [0.4, 0.5) is 5.69 Å². The van der Waals surface area contributed by atoms with Gasteiger partial charge in [0, 0.05) is 43.5 Å². The van der Waals surface area contributed by atoms with E-state index in [1.54, 1.807) is 11.3 Å².